The van der Waals surface area contributed by atoms with Crippen LogP contribution >= 0.6 is 0 Å². The number of hydrogen-bond donors (Lipinski definition) is 1. The molecular formula is C9H9FN2O2. The van der Waals surface area contributed by atoms with E-state index in [1.807, 2.05) is 0 Å². The molecule has 2 rings (SSSR count). The van der Waals surface area contributed by atoms with Gasteiger partial charge >= 0.3 is 0 Å². The van der Waals surface area contributed by atoms with Crippen LogP contribution in [0, 0.1) is 5.82 Å². The molecule has 0 radical (unpaired) electrons. The second kappa shape index (κ2) is 3.34. The fourth-order valence-corrected chi connectivity index (χ4v) is 1.29. The van der Waals surface area contributed by atoms with Crippen LogP contribution in [0.1, 0.15) is 10.5 Å². The minimum Gasteiger partial charge on any atom is -0.389 e. The zero-order chi connectivity index (χ0) is 10.1. The Balaban J connectivity index is 2.08. The number of rotatable bonds is 1. The highest BCUT2D eigenvalue weighted by molar-refractivity contribution is 5.92. The monoisotopic (exact) mass is 196 g/mol. The molecule has 1 aliphatic heterocycles. The Hall–Kier alpha value is -1.49. The summed E-state index contributed by atoms with van der Waals surface area (Å²) in [4.78, 5) is 16.6. The molecule has 2 heterocycles. The van der Waals surface area contributed by atoms with Crippen LogP contribution in [-0.2, 0) is 0 Å². The molecule has 0 aliphatic carbocycles. The maximum Gasteiger partial charge on any atom is 0.272 e. The van der Waals surface area contributed by atoms with Gasteiger partial charge in [0.2, 0.25) is 0 Å². The Morgan fingerprint density at radius 3 is 2.79 bits per heavy atom. The van der Waals surface area contributed by atoms with Crippen LogP contribution in [-0.4, -0.2) is 40.1 Å². The summed E-state index contributed by atoms with van der Waals surface area (Å²) >= 11 is 0. The third kappa shape index (κ3) is 1.58. The first-order chi connectivity index (χ1) is 6.66. The Morgan fingerprint density at radius 1 is 1.57 bits per heavy atom. The molecule has 74 valence electrons. The highest BCUT2D eigenvalue weighted by Gasteiger charge is 2.29. The number of halogens is 1. The highest BCUT2D eigenvalue weighted by atomic mass is 19.1. The standard InChI is InChI=1S/C9H9FN2O2/c10-6-1-2-8(11-3-6)9(14)12-4-7(13)5-12/h1-3,7,13H,4-5H2. The molecule has 0 unspecified atom stereocenters. The fourth-order valence-electron chi connectivity index (χ4n) is 1.29. The van der Waals surface area contributed by atoms with Gasteiger partial charge in [-0.05, 0) is 12.1 Å². The Morgan fingerprint density at radius 2 is 2.29 bits per heavy atom. The molecule has 4 nitrogen and oxygen atoms in total. The topological polar surface area (TPSA) is 53.4 Å². The summed E-state index contributed by atoms with van der Waals surface area (Å²) in [5.41, 5.74) is 0.207. The largest absolute Gasteiger partial charge is 0.389 e. The molecule has 1 saturated heterocycles. The second-order valence-corrected chi connectivity index (χ2v) is 3.23. The normalized spacial score (nSPS) is 16.6. The molecule has 1 amide bonds. The van der Waals surface area contributed by atoms with Crippen molar-refractivity contribution in [1.82, 2.24) is 9.88 Å². The number of hydrogen-bond acceptors (Lipinski definition) is 3. The first-order valence-electron chi connectivity index (χ1n) is 4.26. The van der Waals surface area contributed by atoms with Crippen LogP contribution in [0.3, 0.4) is 0 Å². The number of aliphatic hydroxyl groups excluding tert-OH is 1. The maximum absolute atomic E-state index is 12.5. The predicted molar refractivity (Wildman–Crippen MR) is 46.1 cm³/mol. The molecule has 5 heteroatoms. The molecule has 1 aromatic heterocycles. The lowest BCUT2D eigenvalue weighted by Gasteiger charge is -2.35. The van der Waals surface area contributed by atoms with Crippen molar-refractivity contribution >= 4 is 5.91 Å². The van der Waals surface area contributed by atoms with Crippen molar-refractivity contribution in [3.05, 3.63) is 29.8 Å². The molecule has 0 bridgehead atoms. The zero-order valence-corrected chi connectivity index (χ0v) is 7.35. The van der Waals surface area contributed by atoms with Crippen molar-refractivity contribution in [2.45, 2.75) is 6.10 Å². The van der Waals surface area contributed by atoms with Crippen LogP contribution in [0.4, 0.5) is 4.39 Å². The lowest BCUT2D eigenvalue weighted by molar-refractivity contribution is 0.00549. The minimum absolute atomic E-state index is 0.207. The number of likely N-dealkylation sites (tertiary alicyclic amines) is 1. The average molecular weight is 196 g/mol. The number of pyridine rings is 1. The van der Waals surface area contributed by atoms with Gasteiger partial charge in [0, 0.05) is 13.1 Å². The fraction of sp³-hybridized carbons (Fsp3) is 0.333. The quantitative estimate of drug-likeness (QED) is 0.689. The number of carbonyl (C=O) groups excluding carboxylic acids is 1. The van der Waals surface area contributed by atoms with Gasteiger partial charge in [-0.25, -0.2) is 9.37 Å². The third-order valence-electron chi connectivity index (χ3n) is 2.10. The highest BCUT2D eigenvalue weighted by Crippen LogP contribution is 2.11. The molecule has 0 aromatic carbocycles. The first-order valence-corrected chi connectivity index (χ1v) is 4.26. The average Bonchev–Trinajstić information content (AvgIpc) is 2.13. The zero-order valence-electron chi connectivity index (χ0n) is 7.35. The smallest absolute Gasteiger partial charge is 0.272 e. The number of aromatic nitrogens is 1. The van der Waals surface area contributed by atoms with Crippen LogP contribution in [0.25, 0.3) is 0 Å². The van der Waals surface area contributed by atoms with Gasteiger partial charge in [0.15, 0.2) is 0 Å². The van der Waals surface area contributed by atoms with Crippen molar-refractivity contribution in [3.63, 3.8) is 0 Å². The van der Waals surface area contributed by atoms with Crippen molar-refractivity contribution in [2.24, 2.45) is 0 Å². The van der Waals surface area contributed by atoms with Gasteiger partial charge in [-0.1, -0.05) is 0 Å². The van der Waals surface area contributed by atoms with E-state index in [9.17, 15) is 9.18 Å². The lowest BCUT2D eigenvalue weighted by Crippen LogP contribution is -2.53. The molecule has 0 saturated carbocycles. The first kappa shape index (κ1) is 9.08. The minimum atomic E-state index is -0.467. The Kier molecular flexibility index (Phi) is 2.17. The molecule has 14 heavy (non-hydrogen) atoms. The van der Waals surface area contributed by atoms with Gasteiger partial charge in [0.1, 0.15) is 11.5 Å². The summed E-state index contributed by atoms with van der Waals surface area (Å²) < 4.78 is 12.5. The van der Waals surface area contributed by atoms with Gasteiger partial charge in [0.05, 0.1) is 12.3 Å². The van der Waals surface area contributed by atoms with Crippen LogP contribution < -0.4 is 0 Å². The Bertz CT molecular complexity index is 346. The van der Waals surface area contributed by atoms with Crippen LogP contribution in [0.2, 0.25) is 0 Å². The summed E-state index contributed by atoms with van der Waals surface area (Å²) in [5.74, 6) is -0.736. The van der Waals surface area contributed by atoms with Gasteiger partial charge in [-0.15, -0.1) is 0 Å². The molecule has 1 aliphatic rings. The van der Waals surface area contributed by atoms with Gasteiger partial charge in [-0.3, -0.25) is 4.79 Å². The number of nitrogens with zero attached hydrogens (tertiary/aromatic N) is 2. The lowest BCUT2D eigenvalue weighted by atomic mass is 10.1. The maximum atomic E-state index is 12.5. The third-order valence-corrected chi connectivity index (χ3v) is 2.10. The van der Waals surface area contributed by atoms with Gasteiger partial charge in [0.25, 0.3) is 5.91 Å². The predicted octanol–water partition coefficient (Wildman–Crippen LogP) is 0.0374. The van der Waals surface area contributed by atoms with Crippen molar-refractivity contribution < 1.29 is 14.3 Å². The number of aliphatic hydroxyl groups is 1. The van der Waals surface area contributed by atoms with Gasteiger partial charge in [-0.2, -0.15) is 0 Å². The summed E-state index contributed by atoms with van der Waals surface area (Å²) in [5, 5.41) is 8.98. The van der Waals surface area contributed by atoms with E-state index in [0.717, 1.165) is 6.20 Å². The van der Waals surface area contributed by atoms with Crippen molar-refractivity contribution in [1.29, 1.82) is 0 Å². The number of carbonyl (C=O) groups is 1. The van der Waals surface area contributed by atoms with E-state index in [4.69, 9.17) is 5.11 Å². The van der Waals surface area contributed by atoms with Crippen LogP contribution in [0.15, 0.2) is 18.3 Å². The molecule has 0 atom stereocenters. The summed E-state index contributed by atoms with van der Waals surface area (Å²) in [7, 11) is 0. The molecular weight excluding hydrogens is 187 g/mol. The number of amides is 1. The van der Waals surface area contributed by atoms with E-state index in [1.54, 1.807) is 0 Å². The molecule has 0 spiro atoms. The summed E-state index contributed by atoms with van der Waals surface area (Å²) in [6.45, 7) is 0.662. The van der Waals surface area contributed by atoms with E-state index >= 15 is 0 Å². The van der Waals surface area contributed by atoms with E-state index in [0.29, 0.717) is 13.1 Å². The van der Waals surface area contributed by atoms with E-state index in [2.05, 4.69) is 4.98 Å². The van der Waals surface area contributed by atoms with Crippen molar-refractivity contribution in [2.75, 3.05) is 13.1 Å². The second-order valence-electron chi connectivity index (χ2n) is 3.23. The van der Waals surface area contributed by atoms with Crippen molar-refractivity contribution in [3.8, 4) is 0 Å². The summed E-state index contributed by atoms with van der Waals surface area (Å²) in [6.07, 6.45) is 0.572. The SMILES string of the molecule is O=C(c1ccc(F)cn1)N1CC(O)C1. The van der Waals surface area contributed by atoms with Gasteiger partial charge < -0.3 is 10.0 Å². The van der Waals surface area contributed by atoms with E-state index in [1.165, 1.54) is 17.0 Å². The van der Waals surface area contributed by atoms with E-state index < -0.39 is 11.9 Å². The summed E-state index contributed by atoms with van der Waals surface area (Å²) in [6, 6.07) is 2.53. The van der Waals surface area contributed by atoms with E-state index in [-0.39, 0.29) is 11.6 Å². The molecule has 1 aromatic rings. The molecule has 1 fully saturated rings. The Labute approximate surface area is 80.0 Å². The number of β-amino-alcohol motifs (C(OH)–C–C–N with tert-alkyl or cyclic N) is 1. The van der Waals surface area contributed by atoms with Crippen LogP contribution in [0.5, 0.6) is 0 Å². The molecule has 1 N–H and O–H groups in total.